The lowest BCUT2D eigenvalue weighted by Crippen LogP contribution is -2.60. The van der Waals surface area contributed by atoms with Gasteiger partial charge in [-0.05, 0) is 78.8 Å². The molecule has 0 unspecified atom stereocenters. The van der Waals surface area contributed by atoms with Crippen molar-refractivity contribution in [2.24, 2.45) is 23.7 Å². The zero-order chi connectivity index (χ0) is 40.1. The molecule has 3 N–H and O–H groups in total. The van der Waals surface area contributed by atoms with Gasteiger partial charge in [0.25, 0.3) is 5.17 Å². The monoisotopic (exact) mass is 773 g/mol. The third kappa shape index (κ3) is 9.68. The van der Waals surface area contributed by atoms with Gasteiger partial charge in [0.2, 0.25) is 0 Å². The predicted octanol–water partition coefficient (Wildman–Crippen LogP) is 4.44. The van der Waals surface area contributed by atoms with Gasteiger partial charge in [-0.25, -0.2) is 4.79 Å². The second-order valence-corrected chi connectivity index (χ2v) is 16.1. The Hall–Kier alpha value is -3.43. The standard InChI is InChI=1S/C40H59N3O10S/c1-11-29-40(8)33(42-38(54)53-40)24(4)30(44)22(2)21-39(7,52-37(48)41-19-15-18-27-16-13-12-14-17-27)34(25(5)31(45)26(6)35(47)50-29)51-36-32(46)28(43(9)10)20-23(3)49-36/h12-18,22-26,28-29,32-34,36,46H,11,19-21H2,1-10H3,(H,41,48)(H,42,54)/b18-15+/t22-,23-,24+,25+,26-,28+,29-,32-,33-,34-,36+,39-,40-/m1/s1. The van der Waals surface area contributed by atoms with Gasteiger partial charge in [0, 0.05) is 30.3 Å². The van der Waals surface area contributed by atoms with E-state index >= 15 is 0 Å². The molecule has 300 valence electrons. The molecule has 13 atom stereocenters. The maximum Gasteiger partial charge on any atom is 0.408 e. The summed E-state index contributed by atoms with van der Waals surface area (Å²) in [5.41, 5.74) is -1.95. The molecule has 3 heterocycles. The van der Waals surface area contributed by atoms with Crippen molar-refractivity contribution >= 4 is 47.1 Å². The topological polar surface area (TPSA) is 162 Å². The second-order valence-electron chi connectivity index (χ2n) is 15.8. The zero-order valence-electron chi connectivity index (χ0n) is 33.2. The van der Waals surface area contributed by atoms with Crippen molar-refractivity contribution in [3.63, 3.8) is 0 Å². The number of cyclic esters (lactones) is 1. The first-order valence-corrected chi connectivity index (χ1v) is 19.3. The number of hydrogen-bond acceptors (Lipinski definition) is 12. The minimum absolute atomic E-state index is 0.0716. The maximum atomic E-state index is 14.4. The molecule has 0 aliphatic carbocycles. The molecule has 0 aromatic heterocycles. The lowest BCUT2D eigenvalue weighted by atomic mass is 9.73. The van der Waals surface area contributed by atoms with Gasteiger partial charge in [-0.2, -0.15) is 0 Å². The molecule has 3 aliphatic rings. The van der Waals surface area contributed by atoms with Crippen molar-refractivity contribution in [3.8, 4) is 0 Å². The summed E-state index contributed by atoms with van der Waals surface area (Å²) in [5, 5.41) is 17.4. The SMILES string of the molecule is CC[C@H]1OC(=O)[C@H](C)C(=O)[C@H](C)[C@@H](O[C@@H]2O[C@H](C)C[C@H](N(C)C)[C@H]2O)[C@](C)(OC(=O)NC/C=C/c2ccccc2)C[C@@H](C)C(=O)[C@H](C)[C@H]2NC(=S)O[C@@]21C. The Labute approximate surface area is 324 Å². The first-order valence-electron chi connectivity index (χ1n) is 18.9. The summed E-state index contributed by atoms with van der Waals surface area (Å²) < 4.78 is 31.1. The Bertz CT molecular complexity index is 1540. The van der Waals surface area contributed by atoms with Crippen molar-refractivity contribution in [3.05, 3.63) is 42.0 Å². The van der Waals surface area contributed by atoms with Crippen LogP contribution in [0.15, 0.2) is 36.4 Å². The third-order valence-electron chi connectivity index (χ3n) is 11.3. The average Bonchev–Trinajstić information content (AvgIpc) is 3.44. The number of benzene rings is 1. The van der Waals surface area contributed by atoms with E-state index in [1.807, 2.05) is 69.3 Å². The number of ether oxygens (including phenoxy) is 5. The first kappa shape index (κ1) is 43.3. The van der Waals surface area contributed by atoms with E-state index < -0.39 is 83.4 Å². The summed E-state index contributed by atoms with van der Waals surface area (Å²) in [6.07, 6.45) is -1.28. The van der Waals surface area contributed by atoms with Crippen LogP contribution in [0.4, 0.5) is 4.79 Å². The van der Waals surface area contributed by atoms with E-state index in [1.54, 1.807) is 40.7 Å². The van der Waals surface area contributed by atoms with Gasteiger partial charge in [0.1, 0.15) is 35.6 Å². The van der Waals surface area contributed by atoms with E-state index in [4.69, 9.17) is 35.9 Å². The number of ketones is 2. The number of fused-ring (bicyclic) bond motifs is 1. The summed E-state index contributed by atoms with van der Waals surface area (Å²) in [7, 11) is 3.68. The maximum absolute atomic E-state index is 14.4. The van der Waals surface area contributed by atoms with Crippen LogP contribution in [0.25, 0.3) is 6.08 Å². The number of rotatable bonds is 8. The number of Topliss-reactive ketones (excluding diaryl/α,β-unsaturated/α-hetero) is 2. The molecule has 0 bridgehead atoms. The summed E-state index contributed by atoms with van der Waals surface area (Å²) >= 11 is 5.40. The summed E-state index contributed by atoms with van der Waals surface area (Å²) in [6.45, 7) is 13.7. The van der Waals surface area contributed by atoms with Crippen molar-refractivity contribution in [1.82, 2.24) is 15.5 Å². The highest BCUT2D eigenvalue weighted by atomic mass is 32.1. The lowest BCUT2D eigenvalue weighted by molar-refractivity contribution is -0.292. The van der Waals surface area contributed by atoms with E-state index in [0.29, 0.717) is 12.8 Å². The number of aliphatic hydroxyl groups is 1. The fourth-order valence-corrected chi connectivity index (χ4v) is 8.54. The van der Waals surface area contributed by atoms with Gasteiger partial charge in [-0.3, -0.25) is 14.4 Å². The molecule has 1 amide bonds. The second kappa shape index (κ2) is 18.0. The van der Waals surface area contributed by atoms with Crippen molar-refractivity contribution < 1.29 is 48.0 Å². The van der Waals surface area contributed by atoms with Crippen LogP contribution in [-0.2, 0) is 38.1 Å². The molecule has 13 nitrogen and oxygen atoms in total. The number of aliphatic hydroxyl groups excluding tert-OH is 1. The zero-order valence-corrected chi connectivity index (χ0v) is 34.0. The van der Waals surface area contributed by atoms with Crippen molar-refractivity contribution in [2.45, 2.75) is 129 Å². The fraction of sp³-hybridized carbons (Fsp3) is 0.675. The van der Waals surface area contributed by atoms with Gasteiger partial charge in [0.05, 0.1) is 12.1 Å². The molecule has 0 radical (unpaired) electrons. The van der Waals surface area contributed by atoms with Gasteiger partial charge in [-0.15, -0.1) is 0 Å². The number of hydrogen-bond donors (Lipinski definition) is 3. The minimum Gasteiger partial charge on any atom is -0.459 e. The molecule has 4 rings (SSSR count). The van der Waals surface area contributed by atoms with E-state index in [2.05, 4.69) is 10.6 Å². The number of carbonyl (C=O) groups is 4. The molecule has 0 spiro atoms. The Morgan fingerprint density at radius 2 is 1.74 bits per heavy atom. The van der Waals surface area contributed by atoms with Crippen LogP contribution in [0.2, 0.25) is 0 Å². The first-order chi connectivity index (χ1) is 25.3. The van der Waals surface area contributed by atoms with Crippen molar-refractivity contribution in [1.29, 1.82) is 0 Å². The number of esters is 1. The van der Waals surface area contributed by atoms with Crippen LogP contribution in [0, 0.1) is 23.7 Å². The van der Waals surface area contributed by atoms with E-state index in [9.17, 15) is 24.3 Å². The molecular formula is C40H59N3O10S. The largest absolute Gasteiger partial charge is 0.459 e. The van der Waals surface area contributed by atoms with E-state index in [0.717, 1.165) is 5.56 Å². The number of nitrogens with zero attached hydrogens (tertiary/aromatic N) is 1. The number of nitrogens with one attached hydrogen (secondary N) is 2. The van der Waals surface area contributed by atoms with Crippen LogP contribution >= 0.6 is 12.2 Å². The Morgan fingerprint density at radius 3 is 2.37 bits per heavy atom. The molecule has 1 aromatic carbocycles. The average molecular weight is 774 g/mol. The highest BCUT2D eigenvalue weighted by molar-refractivity contribution is 7.80. The molecular weight excluding hydrogens is 715 g/mol. The van der Waals surface area contributed by atoms with Crippen LogP contribution in [0.1, 0.15) is 80.2 Å². The van der Waals surface area contributed by atoms with Gasteiger partial charge in [0.15, 0.2) is 17.7 Å². The highest BCUT2D eigenvalue weighted by Gasteiger charge is 2.57. The molecule has 3 saturated heterocycles. The smallest absolute Gasteiger partial charge is 0.408 e. The number of thiocarbonyl (C=S) groups is 1. The molecule has 14 heteroatoms. The van der Waals surface area contributed by atoms with Gasteiger partial charge >= 0.3 is 12.1 Å². The molecule has 54 heavy (non-hydrogen) atoms. The summed E-state index contributed by atoms with van der Waals surface area (Å²) in [5.74, 6) is -5.37. The van der Waals surface area contributed by atoms with E-state index in [-0.39, 0.29) is 36.1 Å². The Kier molecular flexibility index (Phi) is 14.4. The van der Waals surface area contributed by atoms with Crippen molar-refractivity contribution in [2.75, 3.05) is 20.6 Å². The molecule has 1 aromatic rings. The van der Waals surface area contributed by atoms with Crippen LogP contribution in [0.5, 0.6) is 0 Å². The summed E-state index contributed by atoms with van der Waals surface area (Å²) in [4.78, 5) is 58.1. The lowest BCUT2D eigenvalue weighted by Gasteiger charge is -2.47. The molecule has 3 fully saturated rings. The summed E-state index contributed by atoms with van der Waals surface area (Å²) in [6, 6.07) is 8.55. The predicted molar refractivity (Wildman–Crippen MR) is 206 cm³/mol. The molecule has 0 saturated carbocycles. The van der Waals surface area contributed by atoms with Gasteiger partial charge < -0.3 is 44.3 Å². The van der Waals surface area contributed by atoms with Gasteiger partial charge in [-0.1, -0.05) is 70.2 Å². The quantitative estimate of drug-likeness (QED) is 0.194. The van der Waals surface area contributed by atoms with Crippen LogP contribution in [-0.4, -0.2) is 113 Å². The Balaban J connectivity index is 1.78. The third-order valence-corrected chi connectivity index (χ3v) is 11.5. The number of amides is 1. The number of alkyl carbamates (subject to hydrolysis) is 1. The van der Waals surface area contributed by atoms with Crippen LogP contribution < -0.4 is 10.6 Å². The molecule has 3 aliphatic heterocycles. The fourth-order valence-electron chi connectivity index (χ4n) is 8.23. The van der Waals surface area contributed by atoms with E-state index in [1.165, 1.54) is 6.92 Å². The number of carbonyl (C=O) groups excluding carboxylic acids is 4. The number of likely N-dealkylation sites (N-methyl/N-ethyl adjacent to an activating group) is 1. The highest BCUT2D eigenvalue weighted by Crippen LogP contribution is 2.40. The van der Waals surface area contributed by atoms with Crippen LogP contribution in [0.3, 0.4) is 0 Å². The minimum atomic E-state index is -1.67. The normalized spacial score (nSPS) is 38.3. The Morgan fingerprint density at radius 1 is 1.07 bits per heavy atom.